The van der Waals surface area contributed by atoms with Gasteiger partial charge in [-0.1, -0.05) is 18.2 Å². The summed E-state index contributed by atoms with van der Waals surface area (Å²) in [6.07, 6.45) is 0.858. The van der Waals surface area contributed by atoms with E-state index in [0.29, 0.717) is 5.75 Å². The fourth-order valence-corrected chi connectivity index (χ4v) is 3.17. The van der Waals surface area contributed by atoms with Crippen LogP contribution in [0.1, 0.15) is 6.42 Å². The molecule has 1 aromatic rings. The van der Waals surface area contributed by atoms with Gasteiger partial charge in [0.2, 0.25) is 0 Å². The Labute approximate surface area is 79.5 Å². The molecule has 4 heteroatoms. The van der Waals surface area contributed by atoms with Gasteiger partial charge in [-0.3, -0.25) is 13.4 Å². The lowest BCUT2D eigenvalue weighted by Gasteiger charge is -2.38. The topological polar surface area (TPSA) is 43.7 Å². The average Bonchev–Trinajstić information content (AvgIpc) is 2.47. The van der Waals surface area contributed by atoms with Gasteiger partial charge < -0.3 is 0 Å². The summed E-state index contributed by atoms with van der Waals surface area (Å²) in [4.78, 5) is 0. The minimum Gasteiger partial charge on any atom is -0.282 e. The molecule has 1 aliphatic heterocycles. The highest BCUT2D eigenvalue weighted by molar-refractivity contribution is 8.25. The smallest absolute Gasteiger partial charge is 0.0596 e. The Balaban J connectivity index is 2.27. The molecule has 2 rings (SSSR count). The molecule has 0 unspecified atom stereocenters. The van der Waals surface area contributed by atoms with Crippen molar-refractivity contribution < 1.29 is 9.11 Å². The van der Waals surface area contributed by atoms with Crippen molar-refractivity contribution >= 4 is 16.5 Å². The predicted octanol–water partition coefficient (Wildman–Crippen LogP) is 2.56. The minimum absolute atomic E-state index is 0.502. The van der Waals surface area contributed by atoms with Crippen LogP contribution in [0.15, 0.2) is 30.3 Å². The van der Waals surface area contributed by atoms with Crippen LogP contribution in [0.5, 0.6) is 0 Å². The lowest BCUT2D eigenvalue weighted by atomic mass is 10.3. The molecule has 3 nitrogen and oxygen atoms in total. The summed E-state index contributed by atoms with van der Waals surface area (Å²) >= 11 is 0. The van der Waals surface area contributed by atoms with E-state index in [1.807, 2.05) is 30.3 Å². The van der Waals surface area contributed by atoms with Crippen molar-refractivity contribution in [2.24, 2.45) is 0 Å². The molecule has 72 valence electrons. The molecular formula is C9H13NO2S. The van der Waals surface area contributed by atoms with Gasteiger partial charge in [0.25, 0.3) is 0 Å². The monoisotopic (exact) mass is 199 g/mol. The molecule has 1 aromatic carbocycles. The highest BCUT2D eigenvalue weighted by atomic mass is 32.3. The summed E-state index contributed by atoms with van der Waals surface area (Å²) in [5.74, 6) is 0.502. The van der Waals surface area contributed by atoms with Crippen LogP contribution in [-0.2, 0) is 0 Å². The SMILES string of the molecule is OS1(O)CCCN1c1ccccc1. The van der Waals surface area contributed by atoms with Gasteiger partial charge in [-0.05, 0) is 18.6 Å². The number of anilines is 1. The Morgan fingerprint density at radius 1 is 1.15 bits per heavy atom. The zero-order valence-electron chi connectivity index (χ0n) is 7.26. The molecule has 0 amide bonds. The first-order valence-electron chi connectivity index (χ1n) is 4.29. The number of nitrogens with zero attached hydrogens (tertiary/aromatic N) is 1. The van der Waals surface area contributed by atoms with Crippen molar-refractivity contribution in [3.8, 4) is 0 Å². The fraction of sp³-hybridized carbons (Fsp3) is 0.333. The highest BCUT2D eigenvalue weighted by Gasteiger charge is 2.28. The van der Waals surface area contributed by atoms with Gasteiger partial charge in [-0.25, -0.2) is 0 Å². The van der Waals surface area contributed by atoms with Crippen molar-refractivity contribution in [3.05, 3.63) is 30.3 Å². The number of para-hydroxylation sites is 1. The molecule has 2 N–H and O–H groups in total. The number of hydrogen-bond donors (Lipinski definition) is 2. The second-order valence-electron chi connectivity index (χ2n) is 3.13. The van der Waals surface area contributed by atoms with Gasteiger partial charge in [-0.2, -0.15) is 0 Å². The van der Waals surface area contributed by atoms with Crippen LogP contribution in [0.3, 0.4) is 0 Å². The maximum atomic E-state index is 9.67. The minimum atomic E-state index is -2.51. The van der Waals surface area contributed by atoms with Crippen LogP contribution in [0.2, 0.25) is 0 Å². The van der Waals surface area contributed by atoms with E-state index in [1.54, 1.807) is 4.31 Å². The first-order valence-corrected chi connectivity index (χ1v) is 5.96. The predicted molar refractivity (Wildman–Crippen MR) is 56.1 cm³/mol. The van der Waals surface area contributed by atoms with E-state index in [1.165, 1.54) is 0 Å². The van der Waals surface area contributed by atoms with Crippen LogP contribution < -0.4 is 4.31 Å². The summed E-state index contributed by atoms with van der Waals surface area (Å²) in [7, 11) is -2.51. The number of hydrogen-bond acceptors (Lipinski definition) is 3. The highest BCUT2D eigenvalue weighted by Crippen LogP contribution is 2.50. The summed E-state index contributed by atoms with van der Waals surface area (Å²) in [5.41, 5.74) is 0.903. The molecule has 0 saturated carbocycles. The Bertz CT molecular complexity index is 289. The molecule has 0 spiro atoms. The van der Waals surface area contributed by atoms with Crippen molar-refractivity contribution in [2.75, 3.05) is 16.6 Å². The third-order valence-electron chi connectivity index (χ3n) is 2.18. The molecular weight excluding hydrogens is 186 g/mol. The molecule has 0 atom stereocenters. The van der Waals surface area contributed by atoms with Crippen molar-refractivity contribution in [2.45, 2.75) is 6.42 Å². The second kappa shape index (κ2) is 3.21. The molecule has 13 heavy (non-hydrogen) atoms. The second-order valence-corrected chi connectivity index (χ2v) is 5.24. The molecule has 0 radical (unpaired) electrons. The molecule has 1 fully saturated rings. The van der Waals surface area contributed by atoms with Crippen molar-refractivity contribution in [1.82, 2.24) is 0 Å². The summed E-state index contributed by atoms with van der Waals surface area (Å²) in [6, 6.07) is 9.54. The fourth-order valence-electron chi connectivity index (χ4n) is 1.55. The van der Waals surface area contributed by atoms with Gasteiger partial charge in [0.1, 0.15) is 0 Å². The summed E-state index contributed by atoms with van der Waals surface area (Å²) < 4.78 is 21.0. The quantitative estimate of drug-likeness (QED) is 0.730. The standard InChI is InChI=1S/C9H13NO2S/c11-13(12)8-4-7-10(13)9-5-2-1-3-6-9/h1-3,5-6,11-12H,4,7-8H2. The van der Waals surface area contributed by atoms with E-state index in [0.717, 1.165) is 18.7 Å². The van der Waals surface area contributed by atoms with E-state index >= 15 is 0 Å². The number of rotatable bonds is 1. The van der Waals surface area contributed by atoms with E-state index in [9.17, 15) is 9.11 Å². The van der Waals surface area contributed by atoms with Crippen molar-refractivity contribution in [1.29, 1.82) is 0 Å². The van der Waals surface area contributed by atoms with Crippen LogP contribution >= 0.6 is 10.8 Å². The molecule has 0 aromatic heterocycles. The van der Waals surface area contributed by atoms with Crippen LogP contribution in [0.4, 0.5) is 5.69 Å². The van der Waals surface area contributed by atoms with E-state index in [2.05, 4.69) is 0 Å². The van der Waals surface area contributed by atoms with E-state index in [4.69, 9.17) is 0 Å². The Kier molecular flexibility index (Phi) is 2.19. The molecule has 1 heterocycles. The molecule has 0 bridgehead atoms. The largest absolute Gasteiger partial charge is 0.282 e. The third kappa shape index (κ3) is 1.65. The summed E-state index contributed by atoms with van der Waals surface area (Å²) in [6.45, 7) is 0.742. The lowest BCUT2D eigenvalue weighted by Crippen LogP contribution is -2.21. The average molecular weight is 199 g/mol. The normalized spacial score (nSPS) is 23.1. The summed E-state index contributed by atoms with van der Waals surface area (Å²) in [5, 5.41) is 0. The zero-order chi connectivity index (χ0) is 9.31. The van der Waals surface area contributed by atoms with Gasteiger partial charge >= 0.3 is 0 Å². The molecule has 1 aliphatic rings. The maximum Gasteiger partial charge on any atom is 0.0596 e. The third-order valence-corrected chi connectivity index (χ3v) is 4.11. The van der Waals surface area contributed by atoms with Crippen LogP contribution in [-0.4, -0.2) is 21.4 Å². The van der Waals surface area contributed by atoms with E-state index < -0.39 is 10.8 Å². The van der Waals surface area contributed by atoms with Crippen LogP contribution in [0.25, 0.3) is 0 Å². The Morgan fingerprint density at radius 3 is 2.38 bits per heavy atom. The Hall–Kier alpha value is -0.710. The first kappa shape index (κ1) is 8.87. The first-order chi connectivity index (χ1) is 6.20. The zero-order valence-corrected chi connectivity index (χ0v) is 8.07. The van der Waals surface area contributed by atoms with E-state index in [-0.39, 0.29) is 0 Å². The lowest BCUT2D eigenvalue weighted by molar-refractivity contribution is 0.491. The van der Waals surface area contributed by atoms with Gasteiger partial charge in [-0.15, -0.1) is 10.8 Å². The van der Waals surface area contributed by atoms with Gasteiger partial charge in [0.15, 0.2) is 0 Å². The van der Waals surface area contributed by atoms with Crippen LogP contribution in [0, 0.1) is 0 Å². The molecule has 1 saturated heterocycles. The molecule has 0 aliphatic carbocycles. The van der Waals surface area contributed by atoms with Gasteiger partial charge in [0.05, 0.1) is 11.4 Å². The van der Waals surface area contributed by atoms with Crippen molar-refractivity contribution in [3.63, 3.8) is 0 Å². The Morgan fingerprint density at radius 2 is 1.85 bits per heavy atom. The number of benzene rings is 1. The van der Waals surface area contributed by atoms with Gasteiger partial charge in [0, 0.05) is 6.54 Å². The maximum absolute atomic E-state index is 9.67.